The Hall–Kier alpha value is -1.08. The molecule has 0 bridgehead atoms. The summed E-state index contributed by atoms with van der Waals surface area (Å²) in [5, 5.41) is 10.0. The van der Waals surface area contributed by atoms with E-state index in [1.54, 1.807) is 18.3 Å². The zero-order valence-electron chi connectivity index (χ0n) is 9.19. The third kappa shape index (κ3) is 2.84. The van der Waals surface area contributed by atoms with E-state index in [1.165, 1.54) is 0 Å². The number of rotatable bonds is 4. The Kier molecular flexibility index (Phi) is 4.23. The number of fused-ring (bicyclic) bond motifs is 1. The lowest BCUT2D eigenvalue weighted by atomic mass is 10.2. The van der Waals surface area contributed by atoms with Crippen LogP contribution in [0.4, 0.5) is 0 Å². The maximum absolute atomic E-state index is 10.5. The minimum absolute atomic E-state index is 0.0486. The van der Waals surface area contributed by atoms with E-state index in [0.29, 0.717) is 16.3 Å². The van der Waals surface area contributed by atoms with Crippen molar-refractivity contribution >= 4 is 51.1 Å². The van der Waals surface area contributed by atoms with Crippen molar-refractivity contribution in [1.29, 1.82) is 0 Å². The van der Waals surface area contributed by atoms with Gasteiger partial charge in [-0.15, -0.1) is 0 Å². The van der Waals surface area contributed by atoms with Crippen LogP contribution in [0.15, 0.2) is 24.4 Å². The van der Waals surface area contributed by atoms with Crippen molar-refractivity contribution in [1.82, 2.24) is 4.98 Å². The van der Waals surface area contributed by atoms with Crippen LogP contribution >= 0.6 is 34.2 Å². The van der Waals surface area contributed by atoms with E-state index in [1.807, 2.05) is 6.07 Å². The van der Waals surface area contributed by atoms with Crippen molar-refractivity contribution in [3.05, 3.63) is 33.0 Å². The van der Waals surface area contributed by atoms with Crippen LogP contribution in [0.3, 0.4) is 0 Å². The van der Waals surface area contributed by atoms with Gasteiger partial charge in [-0.25, -0.2) is 0 Å². The minimum atomic E-state index is -0.892. The molecule has 4 nitrogen and oxygen atoms in total. The Balaban J connectivity index is 2.39. The number of aromatic nitrogens is 1. The molecule has 6 heteroatoms. The van der Waals surface area contributed by atoms with E-state index in [-0.39, 0.29) is 13.0 Å². The first-order chi connectivity index (χ1) is 8.59. The number of hydrogen-bond acceptors (Lipinski definition) is 3. The summed E-state index contributed by atoms with van der Waals surface area (Å²) in [4.78, 5) is 14.7. The van der Waals surface area contributed by atoms with Gasteiger partial charge in [-0.05, 0) is 40.8 Å². The first-order valence-electron chi connectivity index (χ1n) is 5.17. The van der Waals surface area contributed by atoms with Gasteiger partial charge in [0.1, 0.15) is 5.52 Å². The average molecular weight is 378 g/mol. The number of halogens is 2. The molecule has 0 spiro atoms. The molecule has 0 saturated carbocycles. The molecule has 94 valence electrons. The summed E-state index contributed by atoms with van der Waals surface area (Å²) in [5.74, 6) is -0.312. The van der Waals surface area contributed by atoms with Gasteiger partial charge in [0, 0.05) is 11.6 Å². The predicted octanol–water partition coefficient (Wildman–Crippen LogP) is 3.35. The molecule has 0 fully saturated rings. The number of pyridine rings is 1. The van der Waals surface area contributed by atoms with E-state index < -0.39 is 5.97 Å². The van der Waals surface area contributed by atoms with Crippen LogP contribution in [0.1, 0.15) is 6.42 Å². The average Bonchev–Trinajstić information content (AvgIpc) is 2.33. The molecule has 2 rings (SSSR count). The summed E-state index contributed by atoms with van der Waals surface area (Å²) in [7, 11) is 0. The predicted molar refractivity (Wildman–Crippen MR) is 77.2 cm³/mol. The minimum Gasteiger partial charge on any atom is -0.490 e. The largest absolute Gasteiger partial charge is 0.490 e. The fourth-order valence-electron chi connectivity index (χ4n) is 1.52. The lowest BCUT2D eigenvalue weighted by molar-refractivity contribution is -0.137. The van der Waals surface area contributed by atoms with Crippen molar-refractivity contribution in [3.63, 3.8) is 0 Å². The molecule has 1 heterocycles. The van der Waals surface area contributed by atoms with Crippen molar-refractivity contribution in [2.45, 2.75) is 6.42 Å². The van der Waals surface area contributed by atoms with E-state index in [9.17, 15) is 4.79 Å². The standard InChI is InChI=1S/C12H9ClINO3/c13-8-6-9(14)12(18-5-3-10(16)17)11-7(8)2-1-4-15-11/h1-2,4,6H,3,5H2,(H,16,17). The summed E-state index contributed by atoms with van der Waals surface area (Å²) in [6.07, 6.45) is 1.60. The lowest BCUT2D eigenvalue weighted by Gasteiger charge is -2.11. The zero-order valence-corrected chi connectivity index (χ0v) is 12.1. The second-order valence-corrected chi connectivity index (χ2v) is 5.13. The molecule has 1 aromatic carbocycles. The number of ether oxygens (including phenoxy) is 1. The summed E-state index contributed by atoms with van der Waals surface area (Å²) < 4.78 is 6.32. The molecule has 0 aliphatic carbocycles. The summed E-state index contributed by atoms with van der Waals surface area (Å²) in [6.45, 7) is 0.110. The molecular weight excluding hydrogens is 368 g/mol. The number of aliphatic carboxylic acids is 1. The zero-order chi connectivity index (χ0) is 13.1. The van der Waals surface area contributed by atoms with E-state index >= 15 is 0 Å². The number of hydrogen-bond donors (Lipinski definition) is 1. The second-order valence-electron chi connectivity index (χ2n) is 3.56. The van der Waals surface area contributed by atoms with Gasteiger partial charge in [-0.1, -0.05) is 11.6 Å². The van der Waals surface area contributed by atoms with E-state index in [2.05, 4.69) is 27.6 Å². The van der Waals surface area contributed by atoms with Crippen LogP contribution in [0.25, 0.3) is 10.9 Å². The van der Waals surface area contributed by atoms with Crippen molar-refractivity contribution in [2.75, 3.05) is 6.61 Å². The van der Waals surface area contributed by atoms with Crippen LogP contribution in [0, 0.1) is 3.57 Å². The number of nitrogens with zero attached hydrogens (tertiary/aromatic N) is 1. The fraction of sp³-hybridized carbons (Fsp3) is 0.167. The summed E-state index contributed by atoms with van der Waals surface area (Å²) in [5.41, 5.74) is 0.653. The Morgan fingerprint density at radius 1 is 1.56 bits per heavy atom. The van der Waals surface area contributed by atoms with Crippen LogP contribution in [0.5, 0.6) is 5.75 Å². The van der Waals surface area contributed by atoms with Gasteiger partial charge in [0.2, 0.25) is 0 Å². The van der Waals surface area contributed by atoms with Gasteiger partial charge in [-0.3, -0.25) is 9.78 Å². The molecule has 0 aliphatic heterocycles. The molecule has 18 heavy (non-hydrogen) atoms. The van der Waals surface area contributed by atoms with Crippen LogP contribution < -0.4 is 4.74 Å². The maximum atomic E-state index is 10.5. The maximum Gasteiger partial charge on any atom is 0.306 e. The Bertz CT molecular complexity index is 603. The molecule has 0 saturated heterocycles. The molecule has 0 radical (unpaired) electrons. The molecule has 0 amide bonds. The van der Waals surface area contributed by atoms with Crippen LogP contribution in [-0.4, -0.2) is 22.7 Å². The lowest BCUT2D eigenvalue weighted by Crippen LogP contribution is -2.06. The van der Waals surface area contributed by atoms with Crippen LogP contribution in [0.2, 0.25) is 5.02 Å². The molecule has 1 aromatic heterocycles. The number of carboxylic acid groups (broad SMARTS) is 1. The number of carboxylic acids is 1. The first kappa shape index (κ1) is 13.4. The van der Waals surface area contributed by atoms with Gasteiger partial charge in [0.15, 0.2) is 5.75 Å². The van der Waals surface area contributed by atoms with Crippen LogP contribution in [-0.2, 0) is 4.79 Å². The van der Waals surface area contributed by atoms with Gasteiger partial charge in [-0.2, -0.15) is 0 Å². The SMILES string of the molecule is O=C(O)CCOc1c(I)cc(Cl)c2cccnc12. The fourth-order valence-corrected chi connectivity index (χ4v) is 2.69. The molecular formula is C12H9ClINO3. The third-order valence-corrected chi connectivity index (χ3v) is 3.43. The number of carbonyl (C=O) groups is 1. The Labute approximate surface area is 122 Å². The monoisotopic (exact) mass is 377 g/mol. The highest BCUT2D eigenvalue weighted by molar-refractivity contribution is 14.1. The highest BCUT2D eigenvalue weighted by atomic mass is 127. The normalized spacial score (nSPS) is 10.6. The van der Waals surface area contributed by atoms with Gasteiger partial charge >= 0.3 is 5.97 Å². The molecule has 1 N–H and O–H groups in total. The molecule has 0 aliphatic rings. The van der Waals surface area contributed by atoms with Gasteiger partial charge in [0.05, 0.1) is 21.6 Å². The third-order valence-electron chi connectivity index (χ3n) is 2.31. The van der Waals surface area contributed by atoms with E-state index in [4.69, 9.17) is 21.4 Å². The van der Waals surface area contributed by atoms with Crippen molar-refractivity contribution in [2.24, 2.45) is 0 Å². The highest BCUT2D eigenvalue weighted by Crippen LogP contribution is 2.34. The van der Waals surface area contributed by atoms with Gasteiger partial charge < -0.3 is 9.84 Å². The summed E-state index contributed by atoms with van der Waals surface area (Å²) in [6, 6.07) is 5.43. The second kappa shape index (κ2) is 5.71. The van der Waals surface area contributed by atoms with Crippen molar-refractivity contribution < 1.29 is 14.6 Å². The molecule has 2 aromatic rings. The summed E-state index contributed by atoms with van der Waals surface area (Å²) >= 11 is 8.22. The topological polar surface area (TPSA) is 59.4 Å². The Morgan fingerprint density at radius 2 is 2.33 bits per heavy atom. The molecule has 0 unspecified atom stereocenters. The Morgan fingerprint density at radius 3 is 3.06 bits per heavy atom. The van der Waals surface area contributed by atoms with Crippen molar-refractivity contribution in [3.8, 4) is 5.75 Å². The highest BCUT2D eigenvalue weighted by Gasteiger charge is 2.12. The molecule has 0 atom stereocenters. The smallest absolute Gasteiger partial charge is 0.306 e. The van der Waals surface area contributed by atoms with E-state index in [0.717, 1.165) is 8.96 Å². The first-order valence-corrected chi connectivity index (χ1v) is 6.62. The number of benzene rings is 1. The quantitative estimate of drug-likeness (QED) is 0.830. The van der Waals surface area contributed by atoms with Gasteiger partial charge in [0.25, 0.3) is 0 Å².